The second-order valence-electron chi connectivity index (χ2n) is 9.48. The molecule has 1 aliphatic rings. The van der Waals surface area contributed by atoms with Gasteiger partial charge in [0.05, 0.1) is 29.1 Å². The van der Waals surface area contributed by atoms with Gasteiger partial charge in [-0.15, -0.1) is 0 Å². The Kier molecular flexibility index (Phi) is 7.98. The Balaban J connectivity index is 0.00000323. The number of hydrogen-bond acceptors (Lipinski definition) is 5. The number of aryl methyl sites for hydroxylation is 1. The molecule has 0 fully saturated rings. The first kappa shape index (κ1) is 28.3. The van der Waals surface area contributed by atoms with Crippen molar-refractivity contribution >= 4 is 50.7 Å². The van der Waals surface area contributed by atoms with Gasteiger partial charge in [0.2, 0.25) is 5.52 Å². The smallest absolute Gasteiger partial charge is 0.279 e. The molecule has 1 aliphatic heterocycles. The molecule has 204 valence electrons. The number of aromatic nitrogens is 3. The lowest BCUT2D eigenvalue weighted by atomic mass is 10.1. The highest BCUT2D eigenvalue weighted by Gasteiger charge is 2.26. The van der Waals surface area contributed by atoms with Gasteiger partial charge in [0.25, 0.3) is 10.6 Å². The lowest BCUT2D eigenvalue weighted by Gasteiger charge is -2.14. The first-order valence-electron chi connectivity index (χ1n) is 12.6. The zero-order valence-electron chi connectivity index (χ0n) is 22.9. The maximum atomic E-state index is 14.1. The summed E-state index contributed by atoms with van der Waals surface area (Å²) in [6.45, 7) is 2.01. The number of thiazole rings is 1. The van der Waals surface area contributed by atoms with Gasteiger partial charge in [0, 0.05) is 42.9 Å². The molecule has 6 rings (SSSR count). The topological polar surface area (TPSA) is 43.3 Å². The zero-order valence-corrected chi connectivity index (χ0v) is 26.7. The molecule has 0 unspecified atom stereocenters. The molecule has 0 atom stereocenters. The van der Waals surface area contributed by atoms with Crippen LogP contribution in [0.2, 0.25) is 0 Å². The molecule has 0 spiro atoms. The van der Waals surface area contributed by atoms with Crippen LogP contribution < -0.4 is 43.7 Å². The van der Waals surface area contributed by atoms with Crippen molar-refractivity contribution in [3.63, 3.8) is 0 Å². The molecule has 0 bridgehead atoms. The molecule has 0 saturated carbocycles. The first-order valence-corrected chi connectivity index (χ1v) is 14.3. The minimum absolute atomic E-state index is 0. The van der Waals surface area contributed by atoms with Crippen molar-refractivity contribution in [1.29, 1.82) is 0 Å². The largest absolute Gasteiger partial charge is 1.00 e. The van der Waals surface area contributed by atoms with E-state index in [4.69, 9.17) is 4.74 Å². The summed E-state index contributed by atoms with van der Waals surface area (Å²) in [5.74, 6) is 0.827. The third kappa shape index (κ3) is 4.80. The predicted octanol–water partition coefficient (Wildman–Crippen LogP) is 3.16. The van der Waals surface area contributed by atoms with E-state index < -0.39 is 0 Å². The number of anilines is 1. The molecule has 3 aromatic carbocycles. The van der Waals surface area contributed by atoms with E-state index in [1.807, 2.05) is 55.1 Å². The average molecular weight is 681 g/mol. The fourth-order valence-electron chi connectivity index (χ4n) is 5.01. The summed E-state index contributed by atoms with van der Waals surface area (Å²) in [5.41, 5.74) is 5.54. The van der Waals surface area contributed by atoms with Crippen LogP contribution in [0.25, 0.3) is 27.6 Å². The number of halogens is 1. The lowest BCUT2D eigenvalue weighted by molar-refractivity contribution is -0.642. The van der Waals surface area contributed by atoms with Crippen molar-refractivity contribution in [3.8, 4) is 11.4 Å². The Hall–Kier alpha value is -3.28. The molecule has 0 saturated heterocycles. The molecule has 9 heteroatoms. The number of allylic oxidation sites excluding steroid dienone is 2. The molecule has 0 radical (unpaired) electrons. The molecule has 0 aliphatic carbocycles. The van der Waals surface area contributed by atoms with Gasteiger partial charge in [-0.05, 0) is 48.9 Å². The fourth-order valence-corrected chi connectivity index (χ4v) is 7.24. The third-order valence-corrected chi connectivity index (χ3v) is 9.56. The summed E-state index contributed by atoms with van der Waals surface area (Å²) in [5, 5.41) is 2.11. The zero-order chi connectivity index (χ0) is 27.3. The van der Waals surface area contributed by atoms with E-state index in [0.29, 0.717) is 5.56 Å². The fraction of sp³-hybridized carbons (Fsp3) is 0.161. The number of methoxy groups -OCH3 is 1. The number of benzene rings is 3. The van der Waals surface area contributed by atoms with Crippen LogP contribution >= 0.6 is 23.1 Å². The second kappa shape index (κ2) is 11.3. The van der Waals surface area contributed by atoms with Crippen LogP contribution in [0.15, 0.2) is 93.6 Å². The van der Waals surface area contributed by atoms with Gasteiger partial charge in [-0.2, -0.15) is 4.57 Å². The van der Waals surface area contributed by atoms with Crippen LogP contribution in [0.5, 0.6) is 5.75 Å². The van der Waals surface area contributed by atoms with E-state index >= 15 is 0 Å². The maximum absolute atomic E-state index is 14.1. The number of thioether (sulfide) groups is 1. The van der Waals surface area contributed by atoms with Crippen molar-refractivity contribution in [2.24, 2.45) is 14.1 Å². The van der Waals surface area contributed by atoms with Gasteiger partial charge in [-0.25, -0.2) is 4.68 Å². The summed E-state index contributed by atoms with van der Waals surface area (Å²) in [4.78, 5) is 17.5. The number of rotatable bonds is 5. The number of hydrogen-bond donors (Lipinski definition) is 0. The van der Waals surface area contributed by atoms with Gasteiger partial charge in [0.15, 0.2) is 0 Å². The Bertz CT molecular complexity index is 1850. The highest BCUT2D eigenvalue weighted by atomic mass is 127. The van der Waals surface area contributed by atoms with Gasteiger partial charge in [0.1, 0.15) is 17.5 Å². The molecule has 3 heterocycles. The van der Waals surface area contributed by atoms with Gasteiger partial charge in [-0.3, -0.25) is 9.48 Å². The van der Waals surface area contributed by atoms with Crippen LogP contribution in [-0.4, -0.2) is 23.5 Å². The van der Waals surface area contributed by atoms with E-state index in [1.54, 1.807) is 34.9 Å². The van der Waals surface area contributed by atoms with Crippen LogP contribution in [0.1, 0.15) is 16.3 Å². The van der Waals surface area contributed by atoms with Crippen LogP contribution in [-0.2, 0) is 14.1 Å². The number of fused-ring (bicyclic) bond motifs is 2. The van der Waals surface area contributed by atoms with Crippen molar-refractivity contribution in [3.05, 3.63) is 111 Å². The lowest BCUT2D eigenvalue weighted by Crippen LogP contribution is -3.00. The van der Waals surface area contributed by atoms with E-state index in [0.717, 1.165) is 43.0 Å². The SMILES string of the molecule is COc1ccc2c(c1)sc(/C=C(\C=C1/Sc3ccccc3N1C)c1c(C)n(C)n(-c3ccccc3)c1=O)[n+]2C.[I-]. The van der Waals surface area contributed by atoms with E-state index in [-0.39, 0.29) is 29.5 Å². The molecule has 0 N–H and O–H groups in total. The van der Waals surface area contributed by atoms with Crippen LogP contribution in [0.4, 0.5) is 5.69 Å². The first-order chi connectivity index (χ1) is 18.9. The number of para-hydroxylation sites is 2. The van der Waals surface area contributed by atoms with E-state index in [9.17, 15) is 4.79 Å². The second-order valence-corrected chi connectivity index (χ2v) is 11.6. The Morgan fingerprint density at radius 2 is 1.73 bits per heavy atom. The van der Waals surface area contributed by atoms with Gasteiger partial charge in [-0.1, -0.05) is 53.4 Å². The summed E-state index contributed by atoms with van der Waals surface area (Å²) >= 11 is 3.40. The van der Waals surface area contributed by atoms with Crippen molar-refractivity contribution in [2.45, 2.75) is 11.8 Å². The van der Waals surface area contributed by atoms with E-state index in [2.05, 4.69) is 72.1 Å². The molecule has 6 nitrogen and oxygen atoms in total. The quantitative estimate of drug-likeness (QED) is 0.212. The van der Waals surface area contributed by atoms with Crippen LogP contribution in [0, 0.1) is 6.92 Å². The minimum Gasteiger partial charge on any atom is -1.00 e. The number of ether oxygens (including phenoxy) is 1. The van der Waals surface area contributed by atoms with Crippen molar-refractivity contribution in [2.75, 3.05) is 19.1 Å². The molecule has 0 amide bonds. The molecular weight excluding hydrogens is 651 g/mol. The molecule has 2 aromatic heterocycles. The summed E-state index contributed by atoms with van der Waals surface area (Å²) in [6, 6.07) is 24.3. The average Bonchev–Trinajstić information content (AvgIpc) is 3.52. The van der Waals surface area contributed by atoms with Crippen molar-refractivity contribution in [1.82, 2.24) is 9.36 Å². The summed E-state index contributed by atoms with van der Waals surface area (Å²) < 4.78 is 12.4. The van der Waals surface area contributed by atoms with Gasteiger partial charge < -0.3 is 33.6 Å². The maximum Gasteiger partial charge on any atom is 0.279 e. The minimum atomic E-state index is -0.0436. The predicted molar refractivity (Wildman–Crippen MR) is 162 cm³/mol. The normalized spacial score (nSPS) is 14.1. The Labute approximate surface area is 258 Å². The molecule has 40 heavy (non-hydrogen) atoms. The highest BCUT2D eigenvalue weighted by molar-refractivity contribution is 8.03. The molecular formula is C31H29IN4O2S2. The van der Waals surface area contributed by atoms with Crippen LogP contribution in [0.3, 0.4) is 0 Å². The summed E-state index contributed by atoms with van der Waals surface area (Å²) in [6.07, 6.45) is 4.29. The Morgan fingerprint density at radius 3 is 2.45 bits per heavy atom. The van der Waals surface area contributed by atoms with Crippen molar-refractivity contribution < 1.29 is 33.3 Å². The third-order valence-electron chi connectivity index (χ3n) is 7.25. The highest BCUT2D eigenvalue weighted by Crippen LogP contribution is 2.45. The standard InChI is InChI=1S/C31H29N4O2S2.HI/c1-20-30(31(36)35(34(20)4)22-11-7-6-8-12-22)21(17-28-32(2)24-13-9-10-14-26(24)38-28)18-29-33(3)25-16-15-23(37-5)19-27(25)39-29;/h6-19H,1-5H3;1H/q+1;/p-1. The van der Waals surface area contributed by atoms with Gasteiger partial charge >= 0.3 is 0 Å². The summed E-state index contributed by atoms with van der Waals surface area (Å²) in [7, 11) is 7.77. The molecule has 5 aromatic rings. The monoisotopic (exact) mass is 680 g/mol. The number of nitrogens with zero attached hydrogens (tertiary/aromatic N) is 4. The Morgan fingerprint density at radius 1 is 1.00 bits per heavy atom. The van der Waals surface area contributed by atoms with E-state index in [1.165, 1.54) is 10.6 Å².